The zero-order valence-electron chi connectivity index (χ0n) is 8.87. The largest absolute Gasteiger partial charge is 0.508 e. The van der Waals surface area contributed by atoms with E-state index >= 15 is 0 Å². The third-order valence-corrected chi connectivity index (χ3v) is 2.14. The van der Waals surface area contributed by atoms with Crippen LogP contribution in [0.25, 0.3) is 0 Å². The van der Waals surface area contributed by atoms with Crippen molar-refractivity contribution in [2.75, 3.05) is 7.11 Å². The maximum absolute atomic E-state index is 9.65. The lowest BCUT2D eigenvalue weighted by Crippen LogP contribution is -2.17. The molecule has 0 saturated carbocycles. The van der Waals surface area contributed by atoms with E-state index in [4.69, 9.17) is 10.5 Å². The van der Waals surface area contributed by atoms with Gasteiger partial charge in [0.1, 0.15) is 11.5 Å². The van der Waals surface area contributed by atoms with Gasteiger partial charge in [-0.25, -0.2) is 0 Å². The summed E-state index contributed by atoms with van der Waals surface area (Å²) in [6, 6.07) is 3.58. The van der Waals surface area contributed by atoms with E-state index in [1.807, 2.05) is 19.9 Å². The van der Waals surface area contributed by atoms with E-state index in [-0.39, 0.29) is 6.04 Å². The van der Waals surface area contributed by atoms with Crippen LogP contribution in [0.15, 0.2) is 12.1 Å². The predicted molar refractivity (Wildman–Crippen MR) is 56.7 cm³/mol. The standard InChI is InChI=1S/C11H17NO2/c1-7-4-10(13)9(5-8(2)12)6-11(7)14-3/h4,6,8,13H,5,12H2,1-3H3/t8-/m0/s1. The highest BCUT2D eigenvalue weighted by Crippen LogP contribution is 2.27. The fourth-order valence-corrected chi connectivity index (χ4v) is 1.45. The molecule has 0 spiro atoms. The van der Waals surface area contributed by atoms with Gasteiger partial charge in [-0.05, 0) is 43.5 Å². The van der Waals surface area contributed by atoms with E-state index < -0.39 is 0 Å². The fourth-order valence-electron chi connectivity index (χ4n) is 1.45. The number of aromatic hydroxyl groups is 1. The molecule has 0 aliphatic heterocycles. The molecule has 0 fully saturated rings. The van der Waals surface area contributed by atoms with Crippen LogP contribution in [0.2, 0.25) is 0 Å². The van der Waals surface area contributed by atoms with Crippen molar-refractivity contribution in [1.82, 2.24) is 0 Å². The Morgan fingerprint density at radius 2 is 2.14 bits per heavy atom. The lowest BCUT2D eigenvalue weighted by Gasteiger charge is -2.11. The summed E-state index contributed by atoms with van der Waals surface area (Å²) in [5.41, 5.74) is 7.44. The lowest BCUT2D eigenvalue weighted by atomic mass is 10.0. The molecule has 1 aromatic rings. The summed E-state index contributed by atoms with van der Waals surface area (Å²) in [6.45, 7) is 3.81. The molecule has 0 unspecified atom stereocenters. The summed E-state index contributed by atoms with van der Waals surface area (Å²) in [6.07, 6.45) is 0.655. The average molecular weight is 195 g/mol. The highest BCUT2D eigenvalue weighted by atomic mass is 16.5. The molecule has 1 aromatic carbocycles. The molecular weight excluding hydrogens is 178 g/mol. The summed E-state index contributed by atoms with van der Waals surface area (Å²) >= 11 is 0. The fraction of sp³-hybridized carbons (Fsp3) is 0.455. The first-order chi connectivity index (χ1) is 6.54. The van der Waals surface area contributed by atoms with E-state index in [9.17, 15) is 5.11 Å². The van der Waals surface area contributed by atoms with Gasteiger partial charge in [0.15, 0.2) is 0 Å². The average Bonchev–Trinajstić information content (AvgIpc) is 2.09. The first kappa shape index (κ1) is 10.9. The second kappa shape index (κ2) is 4.33. The van der Waals surface area contributed by atoms with E-state index in [2.05, 4.69) is 0 Å². The molecule has 0 radical (unpaired) electrons. The van der Waals surface area contributed by atoms with E-state index in [0.717, 1.165) is 16.9 Å². The molecule has 0 bridgehead atoms. The number of phenols is 1. The minimum Gasteiger partial charge on any atom is -0.508 e. The molecule has 0 heterocycles. The molecule has 78 valence electrons. The van der Waals surface area contributed by atoms with Gasteiger partial charge < -0.3 is 15.6 Å². The molecular formula is C11H17NO2. The second-order valence-corrected chi connectivity index (χ2v) is 3.63. The summed E-state index contributed by atoms with van der Waals surface area (Å²) in [7, 11) is 1.62. The van der Waals surface area contributed by atoms with Crippen molar-refractivity contribution in [2.45, 2.75) is 26.3 Å². The van der Waals surface area contributed by atoms with Crippen molar-refractivity contribution < 1.29 is 9.84 Å². The zero-order chi connectivity index (χ0) is 10.7. The Hall–Kier alpha value is -1.22. The minimum atomic E-state index is 0.0355. The van der Waals surface area contributed by atoms with Crippen molar-refractivity contribution in [3.63, 3.8) is 0 Å². The number of benzene rings is 1. The lowest BCUT2D eigenvalue weighted by molar-refractivity contribution is 0.407. The number of rotatable bonds is 3. The van der Waals surface area contributed by atoms with Gasteiger partial charge in [-0.2, -0.15) is 0 Å². The first-order valence-corrected chi connectivity index (χ1v) is 4.66. The molecule has 1 atom stereocenters. The van der Waals surface area contributed by atoms with Crippen LogP contribution in [0.4, 0.5) is 0 Å². The number of nitrogens with two attached hydrogens (primary N) is 1. The van der Waals surface area contributed by atoms with Crippen LogP contribution in [0, 0.1) is 6.92 Å². The highest BCUT2D eigenvalue weighted by Gasteiger charge is 2.08. The van der Waals surface area contributed by atoms with Crippen LogP contribution in [0.5, 0.6) is 11.5 Å². The molecule has 0 saturated heterocycles. The third kappa shape index (κ3) is 2.39. The number of ether oxygens (including phenoxy) is 1. The van der Waals surface area contributed by atoms with Gasteiger partial charge in [0.05, 0.1) is 7.11 Å². The van der Waals surface area contributed by atoms with Crippen LogP contribution in [-0.4, -0.2) is 18.3 Å². The number of hydrogen-bond donors (Lipinski definition) is 2. The van der Waals surface area contributed by atoms with Gasteiger partial charge in [-0.15, -0.1) is 0 Å². The molecule has 0 aromatic heterocycles. The number of aryl methyl sites for hydroxylation is 1. The molecule has 0 aliphatic carbocycles. The van der Waals surface area contributed by atoms with E-state index in [1.54, 1.807) is 13.2 Å². The summed E-state index contributed by atoms with van der Waals surface area (Å²) in [4.78, 5) is 0. The van der Waals surface area contributed by atoms with Crippen molar-refractivity contribution in [1.29, 1.82) is 0 Å². The topological polar surface area (TPSA) is 55.5 Å². The Morgan fingerprint density at radius 1 is 1.50 bits per heavy atom. The van der Waals surface area contributed by atoms with Crippen LogP contribution < -0.4 is 10.5 Å². The molecule has 1 rings (SSSR count). The molecule has 3 nitrogen and oxygen atoms in total. The monoisotopic (exact) mass is 195 g/mol. The SMILES string of the molecule is COc1cc(C[C@H](C)N)c(O)cc1C. The number of hydrogen-bond acceptors (Lipinski definition) is 3. The molecule has 3 N–H and O–H groups in total. The van der Waals surface area contributed by atoms with Crippen LogP contribution >= 0.6 is 0 Å². The number of methoxy groups -OCH3 is 1. The zero-order valence-corrected chi connectivity index (χ0v) is 8.87. The molecule has 0 amide bonds. The van der Waals surface area contributed by atoms with Gasteiger partial charge in [0.25, 0.3) is 0 Å². The van der Waals surface area contributed by atoms with Gasteiger partial charge >= 0.3 is 0 Å². The smallest absolute Gasteiger partial charge is 0.122 e. The number of phenolic OH excluding ortho intramolecular Hbond substituents is 1. The van der Waals surface area contributed by atoms with Crippen molar-refractivity contribution in [3.05, 3.63) is 23.3 Å². The van der Waals surface area contributed by atoms with Crippen LogP contribution in [0.1, 0.15) is 18.1 Å². The minimum absolute atomic E-state index is 0.0355. The summed E-state index contributed by atoms with van der Waals surface area (Å²) < 4.78 is 5.17. The van der Waals surface area contributed by atoms with Crippen LogP contribution in [-0.2, 0) is 6.42 Å². The third-order valence-electron chi connectivity index (χ3n) is 2.14. The van der Waals surface area contributed by atoms with E-state index in [1.165, 1.54) is 0 Å². The highest BCUT2D eigenvalue weighted by molar-refractivity contribution is 5.45. The van der Waals surface area contributed by atoms with Crippen molar-refractivity contribution in [2.24, 2.45) is 5.73 Å². The normalized spacial score (nSPS) is 12.6. The molecule has 0 aliphatic rings. The Morgan fingerprint density at radius 3 is 2.64 bits per heavy atom. The Kier molecular flexibility index (Phi) is 3.36. The van der Waals surface area contributed by atoms with Crippen LogP contribution in [0.3, 0.4) is 0 Å². The molecule has 3 heteroatoms. The molecule has 14 heavy (non-hydrogen) atoms. The maximum Gasteiger partial charge on any atom is 0.122 e. The van der Waals surface area contributed by atoms with Gasteiger partial charge in [-0.1, -0.05) is 0 Å². The first-order valence-electron chi connectivity index (χ1n) is 4.66. The second-order valence-electron chi connectivity index (χ2n) is 3.63. The van der Waals surface area contributed by atoms with E-state index in [0.29, 0.717) is 12.2 Å². The summed E-state index contributed by atoms with van der Waals surface area (Å²) in [5, 5.41) is 9.65. The quantitative estimate of drug-likeness (QED) is 0.770. The maximum atomic E-state index is 9.65. The van der Waals surface area contributed by atoms with Crippen molar-refractivity contribution >= 4 is 0 Å². The van der Waals surface area contributed by atoms with Crippen molar-refractivity contribution in [3.8, 4) is 11.5 Å². The summed E-state index contributed by atoms with van der Waals surface area (Å²) in [5.74, 6) is 1.08. The Balaban J connectivity index is 3.04. The van der Waals surface area contributed by atoms with Gasteiger partial charge in [0.2, 0.25) is 0 Å². The van der Waals surface area contributed by atoms with Gasteiger partial charge in [0, 0.05) is 6.04 Å². The Labute approximate surface area is 84.5 Å². The Bertz CT molecular complexity index is 321. The predicted octanol–water partition coefficient (Wildman–Crippen LogP) is 1.60. The van der Waals surface area contributed by atoms with Gasteiger partial charge in [-0.3, -0.25) is 0 Å².